The van der Waals surface area contributed by atoms with Gasteiger partial charge >= 0.3 is 0 Å². The molecule has 2 aromatic carbocycles. The van der Waals surface area contributed by atoms with E-state index >= 15 is 0 Å². The van der Waals surface area contributed by atoms with Crippen molar-refractivity contribution < 1.29 is 19.1 Å². The van der Waals surface area contributed by atoms with Crippen LogP contribution in [0.4, 0.5) is 11.4 Å². The van der Waals surface area contributed by atoms with Gasteiger partial charge in [0.1, 0.15) is 11.5 Å². The Labute approximate surface area is 164 Å². The zero-order valence-electron chi connectivity index (χ0n) is 16.4. The van der Waals surface area contributed by atoms with Crippen molar-refractivity contribution in [3.8, 4) is 22.6 Å². The van der Waals surface area contributed by atoms with Crippen LogP contribution in [0.25, 0.3) is 11.1 Å². The molecule has 0 saturated carbocycles. The minimum atomic E-state index is -0.226. The van der Waals surface area contributed by atoms with Gasteiger partial charge in [-0.25, -0.2) is 0 Å². The van der Waals surface area contributed by atoms with Crippen molar-refractivity contribution in [1.29, 1.82) is 0 Å². The number of rotatable bonds is 7. The predicted molar refractivity (Wildman–Crippen MR) is 112 cm³/mol. The second kappa shape index (κ2) is 9.97. The summed E-state index contributed by atoms with van der Waals surface area (Å²) in [6, 6.07) is 11.0. The molecule has 0 aliphatic rings. The molecule has 0 heterocycles. The van der Waals surface area contributed by atoms with Crippen LogP contribution in [0.15, 0.2) is 60.7 Å². The molecule has 6 nitrogen and oxygen atoms in total. The Morgan fingerprint density at radius 2 is 1.14 bits per heavy atom. The van der Waals surface area contributed by atoms with Gasteiger partial charge in [0, 0.05) is 0 Å². The lowest BCUT2D eigenvalue weighted by molar-refractivity contribution is -0.112. The number of hydrogen-bond acceptors (Lipinski definition) is 4. The number of benzene rings is 2. The van der Waals surface area contributed by atoms with E-state index in [-0.39, 0.29) is 11.8 Å². The summed E-state index contributed by atoms with van der Waals surface area (Å²) in [5.74, 6) is 0.632. The lowest BCUT2D eigenvalue weighted by Crippen LogP contribution is -2.09. The first-order valence-electron chi connectivity index (χ1n) is 8.76. The maximum absolute atomic E-state index is 11.8. The van der Waals surface area contributed by atoms with Crippen molar-refractivity contribution in [3.05, 3.63) is 60.7 Å². The summed E-state index contributed by atoms with van der Waals surface area (Å²) in [5.41, 5.74) is 2.92. The Kier molecular flexibility index (Phi) is 7.39. The third-order valence-corrected chi connectivity index (χ3v) is 3.89. The van der Waals surface area contributed by atoms with Gasteiger partial charge in [0.05, 0.1) is 25.6 Å². The highest BCUT2D eigenvalue weighted by Gasteiger charge is 2.11. The summed E-state index contributed by atoms with van der Waals surface area (Å²) in [4.78, 5) is 23.6. The normalized spacial score (nSPS) is 10.9. The average molecular weight is 380 g/mol. The molecule has 0 aliphatic heterocycles. The molecule has 28 heavy (non-hydrogen) atoms. The van der Waals surface area contributed by atoms with Gasteiger partial charge in [0.25, 0.3) is 0 Å². The Morgan fingerprint density at radius 1 is 0.750 bits per heavy atom. The highest BCUT2D eigenvalue weighted by atomic mass is 16.5. The molecule has 0 aromatic heterocycles. The average Bonchev–Trinajstić information content (AvgIpc) is 2.69. The third kappa shape index (κ3) is 5.23. The topological polar surface area (TPSA) is 76.7 Å². The number of allylic oxidation sites excluding steroid dienone is 2. The van der Waals surface area contributed by atoms with Crippen LogP contribution < -0.4 is 20.1 Å². The van der Waals surface area contributed by atoms with E-state index in [1.54, 1.807) is 52.4 Å². The molecule has 0 bridgehead atoms. The van der Waals surface area contributed by atoms with E-state index in [1.165, 1.54) is 12.2 Å². The molecule has 0 saturated heterocycles. The Morgan fingerprint density at radius 3 is 1.46 bits per heavy atom. The highest BCUT2D eigenvalue weighted by molar-refractivity contribution is 6.01. The van der Waals surface area contributed by atoms with E-state index in [0.717, 1.165) is 11.1 Å². The number of carbonyl (C=O) groups excluding carboxylic acids is 2. The molecular weight excluding hydrogens is 356 g/mol. The second-order valence-electron chi connectivity index (χ2n) is 5.81. The zero-order valence-corrected chi connectivity index (χ0v) is 16.4. The number of carbonyl (C=O) groups is 2. The van der Waals surface area contributed by atoms with Crippen LogP contribution in [0.2, 0.25) is 0 Å². The van der Waals surface area contributed by atoms with Gasteiger partial charge in [0.15, 0.2) is 0 Å². The van der Waals surface area contributed by atoms with Crippen molar-refractivity contribution in [2.75, 3.05) is 24.9 Å². The predicted octanol–water partition coefficient (Wildman–Crippen LogP) is 4.40. The quantitative estimate of drug-likeness (QED) is 0.698. The van der Waals surface area contributed by atoms with Crippen molar-refractivity contribution in [2.45, 2.75) is 13.8 Å². The summed E-state index contributed by atoms with van der Waals surface area (Å²) >= 11 is 0. The fourth-order valence-electron chi connectivity index (χ4n) is 2.60. The first-order chi connectivity index (χ1) is 13.5. The Bertz CT molecular complexity index is 841. The summed E-state index contributed by atoms with van der Waals surface area (Å²) in [7, 11) is 3.09. The van der Waals surface area contributed by atoms with Gasteiger partial charge in [-0.05, 0) is 61.4 Å². The smallest absolute Gasteiger partial charge is 0.248 e. The Balaban J connectivity index is 2.34. The van der Waals surface area contributed by atoms with Gasteiger partial charge in [-0.15, -0.1) is 0 Å². The van der Waals surface area contributed by atoms with E-state index < -0.39 is 0 Å². The summed E-state index contributed by atoms with van der Waals surface area (Å²) in [5, 5.41) is 5.55. The molecule has 6 heteroatoms. The minimum absolute atomic E-state index is 0.226. The number of hydrogen-bond donors (Lipinski definition) is 2. The minimum Gasteiger partial charge on any atom is -0.495 e. The van der Waals surface area contributed by atoms with Crippen LogP contribution in [0, 0.1) is 0 Å². The van der Waals surface area contributed by atoms with Crippen LogP contribution in [-0.2, 0) is 9.59 Å². The molecule has 2 rings (SSSR count). The molecular formula is C22H24N2O4. The molecule has 0 fully saturated rings. The summed E-state index contributed by atoms with van der Waals surface area (Å²) in [6.07, 6.45) is 6.22. The van der Waals surface area contributed by atoms with Gasteiger partial charge < -0.3 is 20.1 Å². The van der Waals surface area contributed by atoms with E-state index in [1.807, 2.05) is 24.3 Å². The van der Waals surface area contributed by atoms with Gasteiger partial charge in [0.2, 0.25) is 11.8 Å². The first kappa shape index (κ1) is 20.8. The van der Waals surface area contributed by atoms with E-state index in [2.05, 4.69) is 10.6 Å². The first-order valence-corrected chi connectivity index (χ1v) is 8.76. The van der Waals surface area contributed by atoms with Crippen molar-refractivity contribution in [1.82, 2.24) is 0 Å². The molecule has 2 amide bonds. The van der Waals surface area contributed by atoms with Crippen molar-refractivity contribution in [3.63, 3.8) is 0 Å². The summed E-state index contributed by atoms with van der Waals surface area (Å²) < 4.78 is 10.8. The van der Waals surface area contributed by atoms with Gasteiger partial charge in [-0.3, -0.25) is 9.59 Å². The van der Waals surface area contributed by atoms with E-state index in [0.29, 0.717) is 22.9 Å². The van der Waals surface area contributed by atoms with Crippen molar-refractivity contribution >= 4 is 23.2 Å². The fraction of sp³-hybridized carbons (Fsp3) is 0.182. The van der Waals surface area contributed by atoms with Crippen LogP contribution in [0.5, 0.6) is 11.5 Å². The van der Waals surface area contributed by atoms with Gasteiger partial charge in [-0.2, -0.15) is 0 Å². The number of amides is 2. The lowest BCUT2D eigenvalue weighted by atomic mass is 10.0. The molecule has 2 aromatic rings. The largest absolute Gasteiger partial charge is 0.495 e. The molecule has 0 unspecified atom stereocenters. The molecule has 0 spiro atoms. The van der Waals surface area contributed by atoms with Gasteiger partial charge in [-0.1, -0.05) is 24.3 Å². The number of methoxy groups -OCH3 is 2. The van der Waals surface area contributed by atoms with Crippen LogP contribution >= 0.6 is 0 Å². The number of nitrogens with one attached hydrogen (secondary N) is 2. The Hall–Kier alpha value is -3.54. The maximum atomic E-state index is 11.8. The molecule has 0 radical (unpaired) electrons. The third-order valence-electron chi connectivity index (χ3n) is 3.89. The van der Waals surface area contributed by atoms with Crippen molar-refractivity contribution in [2.24, 2.45) is 0 Å². The van der Waals surface area contributed by atoms with Crippen LogP contribution in [0.3, 0.4) is 0 Å². The standard InChI is InChI=1S/C22H24N2O4/c1-5-7-21(25)23-17-11-9-15(13-19(17)27-3)16-10-12-18(20(14-16)28-4)24-22(26)8-6-2/h5-14H,1-4H3,(H,23,25)(H,24,26)/b7-5-,8-6+. The monoisotopic (exact) mass is 380 g/mol. The molecule has 0 atom stereocenters. The van der Waals surface area contributed by atoms with E-state index in [4.69, 9.17) is 9.47 Å². The number of anilines is 2. The van der Waals surface area contributed by atoms with Crippen LogP contribution in [0.1, 0.15) is 13.8 Å². The zero-order chi connectivity index (χ0) is 20.5. The molecule has 146 valence electrons. The maximum Gasteiger partial charge on any atom is 0.248 e. The van der Waals surface area contributed by atoms with E-state index in [9.17, 15) is 9.59 Å². The number of ether oxygens (including phenoxy) is 2. The van der Waals surface area contributed by atoms with Crippen LogP contribution in [-0.4, -0.2) is 26.0 Å². The molecule has 2 N–H and O–H groups in total. The lowest BCUT2D eigenvalue weighted by Gasteiger charge is -2.14. The SMILES string of the molecule is C/C=C\C(=O)Nc1ccc(-c2ccc(NC(=O)/C=C/C)c(OC)c2)cc1OC. The summed E-state index contributed by atoms with van der Waals surface area (Å²) in [6.45, 7) is 3.55. The second-order valence-corrected chi connectivity index (χ2v) is 5.81. The molecule has 0 aliphatic carbocycles. The fourth-order valence-corrected chi connectivity index (χ4v) is 2.60. The highest BCUT2D eigenvalue weighted by Crippen LogP contribution is 2.35.